The number of hydrogen-bond acceptors (Lipinski definition) is 3. The van der Waals surface area contributed by atoms with E-state index in [-0.39, 0.29) is 0 Å². The van der Waals surface area contributed by atoms with Crippen molar-refractivity contribution >= 4 is 5.97 Å². The van der Waals surface area contributed by atoms with Crippen LogP contribution in [0.4, 0.5) is 0 Å². The molecule has 0 saturated heterocycles. The summed E-state index contributed by atoms with van der Waals surface area (Å²) in [5, 5.41) is 9.51. The molecule has 0 heterocycles. The summed E-state index contributed by atoms with van der Waals surface area (Å²) < 4.78 is 11.2. The number of rotatable bonds is 7. The normalized spacial score (nSPS) is 11.8. The van der Waals surface area contributed by atoms with E-state index in [4.69, 9.17) is 9.47 Å². The lowest BCUT2D eigenvalue weighted by Crippen LogP contribution is -2.29. The first-order valence-corrected chi connectivity index (χ1v) is 8.09. The largest absolute Gasteiger partial charge is 0.494 e. The van der Waals surface area contributed by atoms with Gasteiger partial charge in [-0.1, -0.05) is 18.2 Å². The van der Waals surface area contributed by atoms with E-state index in [9.17, 15) is 9.90 Å². The number of benzene rings is 2. The zero-order chi connectivity index (χ0) is 17.7. The Morgan fingerprint density at radius 2 is 1.79 bits per heavy atom. The first kappa shape index (κ1) is 17.9. The van der Waals surface area contributed by atoms with Gasteiger partial charge in [0.1, 0.15) is 11.5 Å². The Morgan fingerprint density at radius 1 is 1.12 bits per heavy atom. The van der Waals surface area contributed by atoms with Crippen molar-refractivity contribution in [2.24, 2.45) is 0 Å². The van der Waals surface area contributed by atoms with Gasteiger partial charge in [0.05, 0.1) is 6.61 Å². The third kappa shape index (κ3) is 4.51. The average molecular weight is 328 g/mol. The van der Waals surface area contributed by atoms with Gasteiger partial charge in [0.2, 0.25) is 0 Å². The highest BCUT2D eigenvalue weighted by atomic mass is 16.5. The number of carboxylic acids is 1. The second-order valence-electron chi connectivity index (χ2n) is 5.93. The Labute approximate surface area is 143 Å². The molecule has 24 heavy (non-hydrogen) atoms. The lowest BCUT2D eigenvalue weighted by molar-refractivity contribution is -0.145. The van der Waals surface area contributed by atoms with E-state index in [1.165, 1.54) is 0 Å². The zero-order valence-electron chi connectivity index (χ0n) is 14.6. The average Bonchev–Trinajstić information content (AvgIpc) is 2.53. The number of aryl methyl sites for hydroxylation is 2. The molecule has 2 aromatic rings. The number of aliphatic carboxylic acids is 1. The fraction of sp³-hybridized carbons (Fsp3) is 0.350. The predicted molar refractivity (Wildman–Crippen MR) is 94.0 cm³/mol. The summed E-state index contributed by atoms with van der Waals surface area (Å²) in [7, 11) is 0. The lowest BCUT2D eigenvalue weighted by Gasteiger charge is -2.18. The van der Waals surface area contributed by atoms with Crippen LogP contribution >= 0.6 is 0 Å². The molecule has 2 aromatic carbocycles. The van der Waals surface area contributed by atoms with E-state index >= 15 is 0 Å². The Balaban J connectivity index is 2.17. The maximum atomic E-state index is 11.6. The van der Waals surface area contributed by atoms with Gasteiger partial charge in [-0.25, -0.2) is 4.79 Å². The number of carboxylic acid groups (broad SMARTS) is 1. The summed E-state index contributed by atoms with van der Waals surface area (Å²) in [5.74, 6) is 0.437. The van der Waals surface area contributed by atoms with Crippen molar-refractivity contribution in [1.29, 1.82) is 0 Å². The SMILES string of the molecule is CCOc1ccc(CC(Oc2cc(C)cc(C)c2C)C(=O)O)cc1. The molecule has 0 aliphatic carbocycles. The van der Waals surface area contributed by atoms with Gasteiger partial charge in [-0.15, -0.1) is 0 Å². The van der Waals surface area contributed by atoms with Crippen LogP contribution < -0.4 is 9.47 Å². The van der Waals surface area contributed by atoms with Gasteiger partial charge in [-0.05, 0) is 68.1 Å². The molecule has 1 unspecified atom stereocenters. The van der Waals surface area contributed by atoms with Gasteiger partial charge in [0.15, 0.2) is 6.10 Å². The van der Waals surface area contributed by atoms with Crippen molar-refractivity contribution in [2.45, 2.75) is 40.2 Å². The molecule has 2 rings (SSSR count). The molecule has 4 heteroatoms. The topological polar surface area (TPSA) is 55.8 Å². The summed E-state index contributed by atoms with van der Waals surface area (Å²) >= 11 is 0. The van der Waals surface area contributed by atoms with Crippen LogP contribution in [0.5, 0.6) is 11.5 Å². The van der Waals surface area contributed by atoms with Crippen molar-refractivity contribution in [3.8, 4) is 11.5 Å². The third-order valence-electron chi connectivity index (χ3n) is 3.96. The van der Waals surface area contributed by atoms with E-state index < -0.39 is 12.1 Å². The first-order chi connectivity index (χ1) is 11.4. The van der Waals surface area contributed by atoms with Crippen LogP contribution in [0, 0.1) is 20.8 Å². The first-order valence-electron chi connectivity index (χ1n) is 8.09. The second kappa shape index (κ2) is 7.86. The quantitative estimate of drug-likeness (QED) is 0.832. The summed E-state index contributed by atoms with van der Waals surface area (Å²) in [6.07, 6.45) is -0.628. The van der Waals surface area contributed by atoms with Crippen LogP contribution in [-0.2, 0) is 11.2 Å². The predicted octanol–water partition coefficient (Wildman–Crippen LogP) is 4.09. The minimum absolute atomic E-state index is 0.300. The standard InChI is InChI=1S/C20H24O4/c1-5-23-17-8-6-16(7-9-17)12-19(20(21)22)24-18-11-13(2)10-14(3)15(18)4/h6-11,19H,5,12H2,1-4H3,(H,21,22). The van der Waals surface area contributed by atoms with Crippen molar-refractivity contribution in [1.82, 2.24) is 0 Å². The summed E-state index contributed by atoms with van der Waals surface area (Å²) in [4.78, 5) is 11.6. The number of carbonyl (C=O) groups is 1. The fourth-order valence-electron chi connectivity index (χ4n) is 2.56. The van der Waals surface area contributed by atoms with Gasteiger partial charge in [0, 0.05) is 6.42 Å². The van der Waals surface area contributed by atoms with E-state index in [2.05, 4.69) is 6.07 Å². The van der Waals surface area contributed by atoms with Crippen molar-refractivity contribution in [3.05, 3.63) is 58.7 Å². The molecule has 1 N–H and O–H groups in total. The van der Waals surface area contributed by atoms with E-state index in [0.29, 0.717) is 18.8 Å². The molecular formula is C20H24O4. The molecule has 128 valence electrons. The van der Waals surface area contributed by atoms with Crippen LogP contribution in [-0.4, -0.2) is 23.8 Å². The van der Waals surface area contributed by atoms with Crippen LogP contribution in [0.15, 0.2) is 36.4 Å². The zero-order valence-corrected chi connectivity index (χ0v) is 14.6. The fourth-order valence-corrected chi connectivity index (χ4v) is 2.56. The van der Waals surface area contributed by atoms with Gasteiger partial charge >= 0.3 is 5.97 Å². The Hall–Kier alpha value is -2.49. The Kier molecular flexibility index (Phi) is 5.85. The molecule has 1 atom stereocenters. The molecule has 0 aliphatic rings. The van der Waals surface area contributed by atoms with Gasteiger partial charge in [-0.3, -0.25) is 0 Å². The van der Waals surface area contributed by atoms with Crippen LogP contribution in [0.3, 0.4) is 0 Å². The Morgan fingerprint density at radius 3 is 2.38 bits per heavy atom. The number of ether oxygens (including phenoxy) is 2. The highest BCUT2D eigenvalue weighted by Crippen LogP contribution is 2.25. The summed E-state index contributed by atoms with van der Waals surface area (Å²) in [6, 6.07) is 11.4. The van der Waals surface area contributed by atoms with Crippen molar-refractivity contribution in [2.75, 3.05) is 6.61 Å². The molecule has 0 aliphatic heterocycles. The molecule has 0 radical (unpaired) electrons. The van der Waals surface area contributed by atoms with Crippen LogP contribution in [0.2, 0.25) is 0 Å². The highest BCUT2D eigenvalue weighted by molar-refractivity contribution is 5.73. The molecule has 0 bridgehead atoms. The van der Waals surface area contributed by atoms with Crippen LogP contribution in [0.1, 0.15) is 29.2 Å². The second-order valence-corrected chi connectivity index (χ2v) is 5.93. The number of hydrogen-bond donors (Lipinski definition) is 1. The van der Waals surface area contributed by atoms with Gasteiger partial charge in [-0.2, -0.15) is 0 Å². The molecule has 0 saturated carbocycles. The maximum absolute atomic E-state index is 11.6. The smallest absolute Gasteiger partial charge is 0.345 e. The van der Waals surface area contributed by atoms with Gasteiger partial charge in [0.25, 0.3) is 0 Å². The minimum Gasteiger partial charge on any atom is -0.494 e. The molecule has 0 amide bonds. The minimum atomic E-state index is -0.970. The monoisotopic (exact) mass is 328 g/mol. The van der Waals surface area contributed by atoms with Gasteiger partial charge < -0.3 is 14.6 Å². The summed E-state index contributed by atoms with van der Waals surface area (Å²) in [6.45, 7) is 8.44. The maximum Gasteiger partial charge on any atom is 0.345 e. The Bertz CT molecular complexity index is 704. The molecule has 0 fully saturated rings. The molecule has 0 aromatic heterocycles. The molecule has 4 nitrogen and oxygen atoms in total. The molecule has 0 spiro atoms. The highest BCUT2D eigenvalue weighted by Gasteiger charge is 2.21. The van der Waals surface area contributed by atoms with E-state index in [1.54, 1.807) is 0 Å². The lowest BCUT2D eigenvalue weighted by atomic mass is 10.0. The van der Waals surface area contributed by atoms with Crippen LogP contribution in [0.25, 0.3) is 0 Å². The van der Waals surface area contributed by atoms with Crippen molar-refractivity contribution < 1.29 is 19.4 Å². The van der Waals surface area contributed by atoms with E-state index in [0.717, 1.165) is 28.0 Å². The summed E-state index contributed by atoms with van der Waals surface area (Å²) in [5.41, 5.74) is 4.01. The van der Waals surface area contributed by atoms with E-state index in [1.807, 2.05) is 58.0 Å². The molecular weight excluding hydrogens is 304 g/mol. The van der Waals surface area contributed by atoms with Crippen molar-refractivity contribution in [3.63, 3.8) is 0 Å². The third-order valence-corrected chi connectivity index (χ3v) is 3.96.